The number of hydrogen-bond donors (Lipinski definition) is 2. The number of H-pyrrole nitrogens is 1. The van der Waals surface area contributed by atoms with Crippen molar-refractivity contribution in [3.63, 3.8) is 0 Å². The summed E-state index contributed by atoms with van der Waals surface area (Å²) in [6.45, 7) is -0.539. The molecule has 90 valence electrons. The fourth-order valence-electron chi connectivity index (χ4n) is 1.82. The summed E-state index contributed by atoms with van der Waals surface area (Å²) in [7, 11) is 0. The Labute approximate surface area is 86.8 Å². The molecule has 1 saturated carbocycles. The van der Waals surface area contributed by atoms with Crippen LogP contribution in [-0.2, 0) is 11.6 Å². The van der Waals surface area contributed by atoms with Crippen LogP contribution in [0.1, 0.15) is 17.7 Å². The first kappa shape index (κ1) is 11.3. The molecule has 2 rings (SSSR count). The first-order valence-corrected chi connectivity index (χ1v) is 4.43. The molecule has 1 aliphatic carbocycles. The van der Waals surface area contributed by atoms with Gasteiger partial charge in [0, 0.05) is 18.5 Å². The van der Waals surface area contributed by atoms with E-state index < -0.39 is 41.7 Å². The molecule has 3 nitrogen and oxygen atoms in total. The Morgan fingerprint density at radius 1 is 1.44 bits per heavy atom. The molecule has 1 heterocycles. The van der Waals surface area contributed by atoms with Crippen LogP contribution in [0.2, 0.25) is 0 Å². The normalized spacial score (nSPS) is 28.1. The van der Waals surface area contributed by atoms with Crippen molar-refractivity contribution in [3.05, 3.63) is 17.5 Å². The van der Waals surface area contributed by atoms with Gasteiger partial charge < -0.3 is 5.73 Å². The fourth-order valence-corrected chi connectivity index (χ4v) is 1.82. The number of aromatic amines is 1. The third-order valence-corrected chi connectivity index (χ3v) is 2.89. The quantitative estimate of drug-likeness (QED) is 0.774. The Morgan fingerprint density at radius 2 is 2.00 bits per heavy atom. The second-order valence-corrected chi connectivity index (χ2v) is 3.82. The second kappa shape index (κ2) is 2.93. The van der Waals surface area contributed by atoms with Crippen LogP contribution in [0.3, 0.4) is 0 Å². The number of rotatable bonds is 2. The summed E-state index contributed by atoms with van der Waals surface area (Å²) in [6.07, 6.45) is -4.62. The molecule has 0 radical (unpaired) electrons. The van der Waals surface area contributed by atoms with Crippen LogP contribution < -0.4 is 5.73 Å². The largest absolute Gasteiger partial charge is 0.433 e. The Morgan fingerprint density at radius 3 is 2.38 bits per heavy atom. The number of nitrogens with two attached hydrogens (primary N) is 1. The first-order valence-electron chi connectivity index (χ1n) is 4.43. The Bertz CT molecular complexity index is 410. The monoisotopic (exact) mass is 241 g/mol. The third-order valence-electron chi connectivity index (χ3n) is 2.89. The highest BCUT2D eigenvalue weighted by Gasteiger charge is 2.73. The lowest BCUT2D eigenvalue weighted by molar-refractivity contribution is -0.142. The SMILES string of the molecule is NCC1(c2cn[nH]c2C(F)(F)F)CC1(F)F. The molecule has 8 heteroatoms. The standard InChI is InChI=1S/C8H8F5N3/c9-7(10)2-6(7,3-14)4-1-15-16-5(4)8(11,12)13/h1H,2-3,14H2,(H,15,16). The number of hydrogen-bond acceptors (Lipinski definition) is 2. The smallest absolute Gasteiger partial charge is 0.329 e. The van der Waals surface area contributed by atoms with Crippen molar-refractivity contribution in [2.24, 2.45) is 5.73 Å². The van der Waals surface area contributed by atoms with E-state index in [4.69, 9.17) is 5.73 Å². The van der Waals surface area contributed by atoms with Crippen LogP contribution in [0.5, 0.6) is 0 Å². The van der Waals surface area contributed by atoms with Crippen molar-refractivity contribution >= 4 is 0 Å². The second-order valence-electron chi connectivity index (χ2n) is 3.82. The van der Waals surface area contributed by atoms with Gasteiger partial charge in [-0.2, -0.15) is 18.3 Å². The molecule has 3 N–H and O–H groups in total. The predicted octanol–water partition coefficient (Wildman–Crippen LogP) is 1.66. The van der Waals surface area contributed by atoms with E-state index in [0.717, 1.165) is 6.20 Å². The maximum Gasteiger partial charge on any atom is 0.433 e. The van der Waals surface area contributed by atoms with Gasteiger partial charge in [0.25, 0.3) is 5.92 Å². The molecule has 1 aliphatic rings. The van der Waals surface area contributed by atoms with Gasteiger partial charge in [-0.25, -0.2) is 8.78 Å². The van der Waals surface area contributed by atoms with Gasteiger partial charge in [0.15, 0.2) is 0 Å². The van der Waals surface area contributed by atoms with E-state index in [2.05, 4.69) is 5.10 Å². The molecule has 0 spiro atoms. The minimum absolute atomic E-state index is 0.539. The van der Waals surface area contributed by atoms with Crippen LogP contribution in [0.15, 0.2) is 6.20 Å². The summed E-state index contributed by atoms with van der Waals surface area (Å²) in [6, 6.07) is 0. The molecule has 0 amide bonds. The zero-order chi connectivity index (χ0) is 12.2. The van der Waals surface area contributed by atoms with E-state index in [9.17, 15) is 22.0 Å². The molecule has 0 bridgehead atoms. The lowest BCUT2D eigenvalue weighted by atomic mass is 9.95. The molecule has 0 aliphatic heterocycles. The number of halogens is 5. The lowest BCUT2D eigenvalue weighted by Crippen LogP contribution is -2.29. The predicted molar refractivity (Wildman–Crippen MR) is 43.9 cm³/mol. The van der Waals surface area contributed by atoms with Crippen LogP contribution >= 0.6 is 0 Å². The van der Waals surface area contributed by atoms with Crippen molar-refractivity contribution in [1.29, 1.82) is 0 Å². The maximum absolute atomic E-state index is 13.1. The molecular weight excluding hydrogens is 233 g/mol. The van der Waals surface area contributed by atoms with Crippen molar-refractivity contribution in [3.8, 4) is 0 Å². The third kappa shape index (κ3) is 1.32. The van der Waals surface area contributed by atoms with Gasteiger partial charge in [0.2, 0.25) is 0 Å². The summed E-state index contributed by atoms with van der Waals surface area (Å²) in [5, 5.41) is 4.87. The zero-order valence-electron chi connectivity index (χ0n) is 7.91. The Hall–Kier alpha value is -1.18. The first-order chi connectivity index (χ1) is 7.24. The van der Waals surface area contributed by atoms with Gasteiger partial charge in [-0.1, -0.05) is 0 Å². The van der Waals surface area contributed by atoms with Gasteiger partial charge in [-0.15, -0.1) is 0 Å². The van der Waals surface area contributed by atoms with Crippen LogP contribution in [0.25, 0.3) is 0 Å². The highest BCUT2D eigenvalue weighted by molar-refractivity contribution is 5.41. The highest BCUT2D eigenvalue weighted by Crippen LogP contribution is 2.62. The molecule has 0 aromatic carbocycles. The average Bonchev–Trinajstić information content (AvgIpc) is 2.59. The summed E-state index contributed by atoms with van der Waals surface area (Å²) in [4.78, 5) is 0. The summed E-state index contributed by atoms with van der Waals surface area (Å²) in [5.41, 5.74) is 1.46. The van der Waals surface area contributed by atoms with E-state index >= 15 is 0 Å². The minimum Gasteiger partial charge on any atom is -0.329 e. The van der Waals surface area contributed by atoms with Gasteiger partial charge in [-0.3, -0.25) is 5.10 Å². The molecule has 1 unspecified atom stereocenters. The average molecular weight is 241 g/mol. The van der Waals surface area contributed by atoms with Crippen molar-refractivity contribution in [1.82, 2.24) is 10.2 Å². The summed E-state index contributed by atoms with van der Waals surface area (Å²) >= 11 is 0. The number of nitrogens with one attached hydrogen (secondary N) is 1. The number of nitrogens with zero attached hydrogens (tertiary/aromatic N) is 1. The number of aromatic nitrogens is 2. The molecular formula is C8H8F5N3. The molecule has 1 aromatic heterocycles. The van der Waals surface area contributed by atoms with E-state index in [1.54, 1.807) is 5.10 Å². The van der Waals surface area contributed by atoms with E-state index in [1.165, 1.54) is 0 Å². The molecule has 1 atom stereocenters. The Balaban J connectivity index is 2.47. The van der Waals surface area contributed by atoms with Crippen molar-refractivity contribution in [2.75, 3.05) is 6.54 Å². The molecule has 1 aromatic rings. The molecule has 0 saturated heterocycles. The van der Waals surface area contributed by atoms with Gasteiger partial charge in [0.05, 0.1) is 11.6 Å². The van der Waals surface area contributed by atoms with Crippen molar-refractivity contribution < 1.29 is 22.0 Å². The Kier molecular flexibility index (Phi) is 2.07. The van der Waals surface area contributed by atoms with E-state index in [1.807, 2.05) is 0 Å². The van der Waals surface area contributed by atoms with E-state index in [-0.39, 0.29) is 0 Å². The fraction of sp³-hybridized carbons (Fsp3) is 0.625. The summed E-state index contributed by atoms with van der Waals surface area (Å²) < 4.78 is 63.6. The summed E-state index contributed by atoms with van der Waals surface area (Å²) in [5.74, 6) is -3.19. The maximum atomic E-state index is 13.1. The van der Waals surface area contributed by atoms with Gasteiger partial charge >= 0.3 is 6.18 Å². The zero-order valence-corrected chi connectivity index (χ0v) is 7.91. The topological polar surface area (TPSA) is 54.7 Å². The lowest BCUT2D eigenvalue weighted by Gasteiger charge is -2.15. The molecule has 1 fully saturated rings. The van der Waals surface area contributed by atoms with Gasteiger partial charge in [-0.05, 0) is 0 Å². The van der Waals surface area contributed by atoms with Gasteiger partial charge in [0.1, 0.15) is 5.69 Å². The van der Waals surface area contributed by atoms with Crippen LogP contribution in [-0.4, -0.2) is 22.7 Å². The van der Waals surface area contributed by atoms with E-state index in [0.29, 0.717) is 0 Å². The van der Waals surface area contributed by atoms with Crippen LogP contribution in [0.4, 0.5) is 22.0 Å². The minimum atomic E-state index is -4.73. The highest BCUT2D eigenvalue weighted by atomic mass is 19.4. The van der Waals surface area contributed by atoms with Crippen molar-refractivity contribution in [2.45, 2.75) is 23.9 Å². The molecule has 16 heavy (non-hydrogen) atoms. The number of alkyl halides is 5. The van der Waals surface area contributed by atoms with Crippen LogP contribution in [0, 0.1) is 0 Å².